The Morgan fingerprint density at radius 3 is 2.96 bits per heavy atom. The Balaban J connectivity index is 1.49. The van der Waals surface area contributed by atoms with Crippen molar-refractivity contribution >= 4 is 5.91 Å². The second-order valence-electron chi connectivity index (χ2n) is 7.31. The Labute approximate surface area is 148 Å². The van der Waals surface area contributed by atoms with E-state index in [1.54, 1.807) is 19.0 Å². The summed E-state index contributed by atoms with van der Waals surface area (Å²) in [6, 6.07) is 12.5. The fourth-order valence-corrected chi connectivity index (χ4v) is 4.10. The molecule has 25 heavy (non-hydrogen) atoms. The van der Waals surface area contributed by atoms with Crippen molar-refractivity contribution in [2.24, 2.45) is 0 Å². The lowest BCUT2D eigenvalue weighted by atomic mass is 9.93. The average molecular weight is 339 g/mol. The highest BCUT2D eigenvalue weighted by Crippen LogP contribution is 2.42. The monoisotopic (exact) mass is 339 g/mol. The van der Waals surface area contributed by atoms with Crippen molar-refractivity contribution in [3.8, 4) is 0 Å². The first-order valence-corrected chi connectivity index (χ1v) is 8.92. The minimum absolute atomic E-state index is 0.00872. The van der Waals surface area contributed by atoms with Gasteiger partial charge >= 0.3 is 0 Å². The van der Waals surface area contributed by atoms with Gasteiger partial charge in [-0.2, -0.15) is 0 Å². The molecule has 5 heteroatoms. The number of aryl methyl sites for hydroxylation is 1. The summed E-state index contributed by atoms with van der Waals surface area (Å²) in [7, 11) is 3.54. The van der Waals surface area contributed by atoms with Crippen LogP contribution in [0.3, 0.4) is 0 Å². The number of aromatic nitrogens is 1. The van der Waals surface area contributed by atoms with Crippen molar-refractivity contribution in [3.05, 3.63) is 58.9 Å². The molecule has 1 aliphatic heterocycles. The number of hydrogen-bond donors (Lipinski definition) is 1. The van der Waals surface area contributed by atoms with E-state index in [0.717, 1.165) is 44.8 Å². The molecule has 1 unspecified atom stereocenters. The van der Waals surface area contributed by atoms with Crippen LogP contribution in [0.25, 0.3) is 0 Å². The molecule has 1 amide bonds. The third kappa shape index (κ3) is 2.98. The van der Waals surface area contributed by atoms with Crippen LogP contribution >= 0.6 is 0 Å². The highest BCUT2D eigenvalue weighted by Gasteiger charge is 2.43. The van der Waals surface area contributed by atoms with E-state index in [2.05, 4.69) is 34.1 Å². The van der Waals surface area contributed by atoms with Gasteiger partial charge in [0.1, 0.15) is 11.3 Å². The van der Waals surface area contributed by atoms with E-state index in [0.29, 0.717) is 5.69 Å². The molecular weight excluding hydrogens is 314 g/mol. The maximum atomic E-state index is 12.1. The van der Waals surface area contributed by atoms with Gasteiger partial charge in [-0.3, -0.25) is 9.69 Å². The first-order chi connectivity index (χ1) is 12.1. The number of nitrogens with zero attached hydrogens (tertiary/aromatic N) is 2. The summed E-state index contributed by atoms with van der Waals surface area (Å²) in [4.78, 5) is 19.3. The van der Waals surface area contributed by atoms with E-state index >= 15 is 0 Å². The number of hydrogen-bond acceptors (Lipinski definition) is 3. The molecule has 2 heterocycles. The van der Waals surface area contributed by atoms with Crippen molar-refractivity contribution in [2.45, 2.75) is 25.0 Å². The SMILES string of the molecule is CN(C)C(=O)c1ccc(CN2CCOC3(CCc4ccccc43)C2)[nH]1. The number of aromatic amines is 1. The molecule has 1 aliphatic carbocycles. The number of nitrogens with one attached hydrogen (secondary N) is 1. The van der Waals surface area contributed by atoms with E-state index in [-0.39, 0.29) is 11.5 Å². The summed E-state index contributed by atoms with van der Waals surface area (Å²) in [5.41, 5.74) is 4.34. The molecule has 1 atom stereocenters. The summed E-state index contributed by atoms with van der Waals surface area (Å²) in [5.74, 6) is 0.00872. The molecule has 2 aliphatic rings. The summed E-state index contributed by atoms with van der Waals surface area (Å²) in [6.45, 7) is 3.38. The molecule has 1 aromatic carbocycles. The van der Waals surface area contributed by atoms with Gasteiger partial charge in [0.25, 0.3) is 5.91 Å². The molecule has 0 radical (unpaired) electrons. The standard InChI is InChI=1S/C20H25N3O2/c1-22(2)19(24)18-8-7-16(21-18)13-23-11-12-25-20(14-23)10-9-15-5-3-4-6-17(15)20/h3-8,21H,9-14H2,1-2H3. The Morgan fingerprint density at radius 1 is 1.28 bits per heavy atom. The summed E-state index contributed by atoms with van der Waals surface area (Å²) < 4.78 is 6.28. The summed E-state index contributed by atoms with van der Waals surface area (Å²) in [6.07, 6.45) is 2.14. The number of benzene rings is 1. The summed E-state index contributed by atoms with van der Waals surface area (Å²) >= 11 is 0. The fraction of sp³-hybridized carbons (Fsp3) is 0.450. The van der Waals surface area contributed by atoms with Crippen LogP contribution in [-0.4, -0.2) is 54.5 Å². The van der Waals surface area contributed by atoms with Gasteiger partial charge in [0.2, 0.25) is 0 Å². The highest BCUT2D eigenvalue weighted by atomic mass is 16.5. The third-order valence-corrected chi connectivity index (χ3v) is 5.35. The minimum Gasteiger partial charge on any atom is -0.368 e. The van der Waals surface area contributed by atoms with Gasteiger partial charge in [0.05, 0.1) is 6.61 Å². The molecule has 5 nitrogen and oxygen atoms in total. The molecule has 1 aromatic heterocycles. The molecular formula is C20H25N3O2. The Bertz CT molecular complexity index is 779. The number of carbonyl (C=O) groups excluding carboxylic acids is 1. The number of amides is 1. The predicted molar refractivity (Wildman–Crippen MR) is 96.5 cm³/mol. The number of carbonyl (C=O) groups is 1. The predicted octanol–water partition coefficient (Wildman–Crippen LogP) is 2.39. The summed E-state index contributed by atoms with van der Waals surface area (Å²) in [5, 5.41) is 0. The lowest BCUT2D eigenvalue weighted by Crippen LogP contribution is -2.48. The van der Waals surface area contributed by atoms with Crippen LogP contribution in [0.5, 0.6) is 0 Å². The van der Waals surface area contributed by atoms with Crippen LogP contribution in [0.1, 0.15) is 33.7 Å². The van der Waals surface area contributed by atoms with Crippen molar-refractivity contribution in [1.29, 1.82) is 0 Å². The van der Waals surface area contributed by atoms with Crippen LogP contribution in [0.4, 0.5) is 0 Å². The second kappa shape index (κ2) is 6.32. The van der Waals surface area contributed by atoms with E-state index in [9.17, 15) is 4.79 Å². The number of morpholine rings is 1. The zero-order valence-electron chi connectivity index (χ0n) is 14.9. The van der Waals surface area contributed by atoms with Crippen LogP contribution in [0, 0.1) is 0 Å². The lowest BCUT2D eigenvalue weighted by molar-refractivity contribution is -0.116. The van der Waals surface area contributed by atoms with Gasteiger partial charge in [0.15, 0.2) is 0 Å². The van der Waals surface area contributed by atoms with Crippen molar-refractivity contribution in [1.82, 2.24) is 14.8 Å². The largest absolute Gasteiger partial charge is 0.368 e. The Kier molecular flexibility index (Phi) is 4.13. The normalized spacial score (nSPS) is 23.0. The molecule has 0 bridgehead atoms. The van der Waals surface area contributed by atoms with Crippen molar-refractivity contribution < 1.29 is 9.53 Å². The number of ether oxygens (including phenoxy) is 1. The van der Waals surface area contributed by atoms with Gasteiger partial charge in [-0.15, -0.1) is 0 Å². The Hall–Kier alpha value is -2.11. The zero-order valence-corrected chi connectivity index (χ0v) is 14.9. The van der Waals surface area contributed by atoms with Crippen LogP contribution in [0.15, 0.2) is 36.4 Å². The van der Waals surface area contributed by atoms with E-state index < -0.39 is 0 Å². The van der Waals surface area contributed by atoms with Crippen LogP contribution in [0.2, 0.25) is 0 Å². The number of fused-ring (bicyclic) bond motifs is 2. The van der Waals surface area contributed by atoms with Gasteiger partial charge in [-0.1, -0.05) is 24.3 Å². The zero-order chi connectivity index (χ0) is 17.4. The number of rotatable bonds is 3. The molecule has 1 fully saturated rings. The fourth-order valence-electron chi connectivity index (χ4n) is 4.10. The highest BCUT2D eigenvalue weighted by molar-refractivity contribution is 5.92. The van der Waals surface area contributed by atoms with Crippen molar-refractivity contribution in [3.63, 3.8) is 0 Å². The minimum atomic E-state index is -0.163. The number of H-pyrrole nitrogens is 1. The van der Waals surface area contributed by atoms with E-state index in [1.165, 1.54) is 11.1 Å². The first kappa shape index (κ1) is 16.4. The van der Waals surface area contributed by atoms with Gasteiger partial charge < -0.3 is 14.6 Å². The molecule has 1 N–H and O–H groups in total. The molecule has 1 saturated heterocycles. The molecule has 4 rings (SSSR count). The molecule has 0 saturated carbocycles. The third-order valence-electron chi connectivity index (χ3n) is 5.35. The average Bonchev–Trinajstić information content (AvgIpc) is 3.21. The molecule has 132 valence electrons. The lowest BCUT2D eigenvalue weighted by Gasteiger charge is -2.41. The maximum Gasteiger partial charge on any atom is 0.269 e. The first-order valence-electron chi connectivity index (χ1n) is 8.92. The maximum absolute atomic E-state index is 12.1. The smallest absolute Gasteiger partial charge is 0.269 e. The van der Waals surface area contributed by atoms with Crippen LogP contribution < -0.4 is 0 Å². The Morgan fingerprint density at radius 2 is 2.12 bits per heavy atom. The van der Waals surface area contributed by atoms with E-state index in [1.807, 2.05) is 12.1 Å². The molecule has 2 aromatic rings. The van der Waals surface area contributed by atoms with E-state index in [4.69, 9.17) is 4.74 Å². The topological polar surface area (TPSA) is 48.6 Å². The van der Waals surface area contributed by atoms with Crippen LogP contribution in [-0.2, 0) is 23.3 Å². The van der Waals surface area contributed by atoms with Crippen molar-refractivity contribution in [2.75, 3.05) is 33.8 Å². The van der Waals surface area contributed by atoms with Gasteiger partial charge in [0, 0.05) is 39.4 Å². The quantitative estimate of drug-likeness (QED) is 0.934. The molecule has 1 spiro atoms. The van der Waals surface area contributed by atoms with Gasteiger partial charge in [-0.25, -0.2) is 0 Å². The van der Waals surface area contributed by atoms with Gasteiger partial charge in [-0.05, 0) is 36.1 Å². The second-order valence-corrected chi connectivity index (χ2v) is 7.31.